The molecule has 0 aromatic heterocycles. The lowest BCUT2D eigenvalue weighted by atomic mass is 9.90. The second-order valence-electron chi connectivity index (χ2n) is 4.39. The van der Waals surface area contributed by atoms with Gasteiger partial charge < -0.3 is 5.32 Å². The monoisotopic (exact) mass is 202 g/mol. The van der Waals surface area contributed by atoms with Crippen molar-refractivity contribution in [2.24, 2.45) is 5.41 Å². The minimum absolute atomic E-state index is 0.196. The van der Waals surface area contributed by atoms with Gasteiger partial charge >= 0.3 is 0 Å². The molecule has 1 aromatic carbocycles. The van der Waals surface area contributed by atoms with E-state index >= 15 is 0 Å². The fourth-order valence-corrected chi connectivity index (χ4v) is 1.37. The molecule has 0 radical (unpaired) electrons. The third-order valence-electron chi connectivity index (χ3n) is 2.38. The molecule has 1 N–H and O–H groups in total. The number of hydrogen-bond acceptors (Lipinski definition) is 2. The number of rotatable bonds is 5. The Bertz CT molecular complexity index is 322. The van der Waals surface area contributed by atoms with Gasteiger partial charge in [-0.3, -0.25) is 0 Å². The van der Waals surface area contributed by atoms with Crippen LogP contribution in [0.25, 0.3) is 0 Å². The molecular weight excluding hydrogens is 184 g/mol. The van der Waals surface area contributed by atoms with Crippen molar-refractivity contribution in [2.45, 2.75) is 26.7 Å². The van der Waals surface area contributed by atoms with Crippen LogP contribution in [0.1, 0.15) is 26.7 Å². The van der Waals surface area contributed by atoms with Gasteiger partial charge in [0, 0.05) is 12.2 Å². The fourth-order valence-electron chi connectivity index (χ4n) is 1.37. The Morgan fingerprint density at radius 2 is 1.93 bits per heavy atom. The van der Waals surface area contributed by atoms with Crippen molar-refractivity contribution in [1.82, 2.24) is 0 Å². The topological polar surface area (TPSA) is 35.8 Å². The SMILES string of the molecule is CC(C)(C#N)CCCNc1ccccc1. The Morgan fingerprint density at radius 1 is 1.27 bits per heavy atom. The quantitative estimate of drug-likeness (QED) is 0.742. The zero-order valence-electron chi connectivity index (χ0n) is 9.46. The maximum atomic E-state index is 8.84. The van der Waals surface area contributed by atoms with Crippen molar-refractivity contribution in [3.8, 4) is 6.07 Å². The number of anilines is 1. The molecule has 1 aromatic rings. The molecule has 0 saturated carbocycles. The Morgan fingerprint density at radius 3 is 2.53 bits per heavy atom. The number of para-hydroxylation sites is 1. The summed E-state index contributed by atoms with van der Waals surface area (Å²) in [6.07, 6.45) is 1.96. The maximum Gasteiger partial charge on any atom is 0.0683 e. The minimum atomic E-state index is -0.196. The van der Waals surface area contributed by atoms with Crippen molar-refractivity contribution in [3.05, 3.63) is 30.3 Å². The second-order valence-corrected chi connectivity index (χ2v) is 4.39. The number of hydrogen-bond donors (Lipinski definition) is 1. The Kier molecular flexibility index (Phi) is 4.17. The molecule has 0 saturated heterocycles. The van der Waals surface area contributed by atoms with E-state index in [0.29, 0.717) is 0 Å². The summed E-state index contributed by atoms with van der Waals surface area (Å²) in [5, 5.41) is 12.2. The van der Waals surface area contributed by atoms with Crippen molar-refractivity contribution in [1.29, 1.82) is 5.26 Å². The molecule has 0 heterocycles. The average molecular weight is 202 g/mol. The fraction of sp³-hybridized carbons (Fsp3) is 0.462. The third-order valence-corrected chi connectivity index (χ3v) is 2.38. The van der Waals surface area contributed by atoms with E-state index in [1.54, 1.807) is 0 Å². The van der Waals surface area contributed by atoms with Gasteiger partial charge in [-0.05, 0) is 38.8 Å². The number of nitrogens with zero attached hydrogens (tertiary/aromatic N) is 1. The molecular formula is C13H18N2. The largest absolute Gasteiger partial charge is 0.385 e. The molecule has 1 rings (SSSR count). The predicted octanol–water partition coefficient (Wildman–Crippen LogP) is 3.43. The summed E-state index contributed by atoms with van der Waals surface area (Å²) < 4.78 is 0. The summed E-state index contributed by atoms with van der Waals surface area (Å²) in [6, 6.07) is 12.4. The lowest BCUT2D eigenvalue weighted by molar-refractivity contribution is 0.441. The standard InChI is InChI=1S/C13H18N2/c1-13(2,11-14)9-6-10-15-12-7-4-3-5-8-12/h3-5,7-8,15H,6,9-10H2,1-2H3. The van der Waals surface area contributed by atoms with Gasteiger partial charge in [0.1, 0.15) is 0 Å². The van der Waals surface area contributed by atoms with E-state index < -0.39 is 0 Å². The summed E-state index contributed by atoms with van der Waals surface area (Å²) in [5.41, 5.74) is 0.950. The van der Waals surface area contributed by atoms with Gasteiger partial charge in [0.15, 0.2) is 0 Å². The summed E-state index contributed by atoms with van der Waals surface area (Å²) in [7, 11) is 0. The normalized spacial score (nSPS) is 10.7. The van der Waals surface area contributed by atoms with Gasteiger partial charge in [0.05, 0.1) is 11.5 Å². The number of nitriles is 1. The zero-order valence-corrected chi connectivity index (χ0v) is 9.46. The minimum Gasteiger partial charge on any atom is -0.385 e. The molecule has 0 fully saturated rings. The van der Waals surface area contributed by atoms with Gasteiger partial charge in [-0.1, -0.05) is 18.2 Å². The van der Waals surface area contributed by atoms with Gasteiger partial charge in [-0.15, -0.1) is 0 Å². The van der Waals surface area contributed by atoms with E-state index in [-0.39, 0.29) is 5.41 Å². The summed E-state index contributed by atoms with van der Waals surface area (Å²) in [5.74, 6) is 0. The van der Waals surface area contributed by atoms with Crippen LogP contribution in [-0.4, -0.2) is 6.54 Å². The summed E-state index contributed by atoms with van der Waals surface area (Å²) >= 11 is 0. The molecule has 2 heteroatoms. The van der Waals surface area contributed by atoms with E-state index in [1.807, 2.05) is 32.0 Å². The molecule has 0 aliphatic carbocycles. The van der Waals surface area contributed by atoms with Crippen molar-refractivity contribution in [2.75, 3.05) is 11.9 Å². The molecule has 0 unspecified atom stereocenters. The number of nitrogens with one attached hydrogen (secondary N) is 1. The first-order valence-electron chi connectivity index (χ1n) is 5.34. The second kappa shape index (κ2) is 5.41. The lowest BCUT2D eigenvalue weighted by Crippen LogP contribution is -2.11. The molecule has 0 aliphatic heterocycles. The molecule has 0 spiro atoms. The highest BCUT2D eigenvalue weighted by atomic mass is 14.9. The summed E-state index contributed by atoms with van der Waals surface area (Å²) in [4.78, 5) is 0. The first-order valence-corrected chi connectivity index (χ1v) is 5.34. The highest BCUT2D eigenvalue weighted by molar-refractivity contribution is 5.42. The van der Waals surface area contributed by atoms with E-state index in [2.05, 4.69) is 23.5 Å². The van der Waals surface area contributed by atoms with Crippen LogP contribution in [-0.2, 0) is 0 Å². The molecule has 0 amide bonds. The van der Waals surface area contributed by atoms with Gasteiger partial charge in [0.25, 0.3) is 0 Å². The van der Waals surface area contributed by atoms with Crippen LogP contribution in [0, 0.1) is 16.7 Å². The van der Waals surface area contributed by atoms with E-state index in [1.165, 1.54) is 0 Å². The van der Waals surface area contributed by atoms with Crippen LogP contribution >= 0.6 is 0 Å². The maximum absolute atomic E-state index is 8.84. The first-order chi connectivity index (χ1) is 7.14. The van der Waals surface area contributed by atoms with Crippen molar-refractivity contribution in [3.63, 3.8) is 0 Å². The molecule has 15 heavy (non-hydrogen) atoms. The van der Waals surface area contributed by atoms with Gasteiger partial charge in [-0.25, -0.2) is 0 Å². The Hall–Kier alpha value is -1.49. The van der Waals surface area contributed by atoms with Crippen LogP contribution in [0.2, 0.25) is 0 Å². The molecule has 2 nitrogen and oxygen atoms in total. The van der Waals surface area contributed by atoms with Crippen LogP contribution in [0.4, 0.5) is 5.69 Å². The van der Waals surface area contributed by atoms with Crippen LogP contribution in [0.15, 0.2) is 30.3 Å². The zero-order chi connectivity index (χ0) is 11.1. The predicted molar refractivity (Wildman–Crippen MR) is 63.6 cm³/mol. The Balaban J connectivity index is 2.21. The highest BCUT2D eigenvalue weighted by Gasteiger charge is 2.15. The molecule has 0 aliphatic rings. The van der Waals surface area contributed by atoms with Crippen molar-refractivity contribution < 1.29 is 0 Å². The number of benzene rings is 1. The lowest BCUT2D eigenvalue weighted by Gasteiger charge is -2.14. The summed E-state index contributed by atoms with van der Waals surface area (Å²) in [6.45, 7) is 4.89. The molecule has 0 atom stereocenters. The Labute approximate surface area is 91.9 Å². The van der Waals surface area contributed by atoms with E-state index in [9.17, 15) is 0 Å². The van der Waals surface area contributed by atoms with Gasteiger partial charge in [-0.2, -0.15) is 5.26 Å². The van der Waals surface area contributed by atoms with Crippen LogP contribution < -0.4 is 5.32 Å². The average Bonchev–Trinajstić information content (AvgIpc) is 2.26. The van der Waals surface area contributed by atoms with E-state index in [0.717, 1.165) is 25.1 Å². The highest BCUT2D eigenvalue weighted by Crippen LogP contribution is 2.20. The third kappa shape index (κ3) is 4.51. The van der Waals surface area contributed by atoms with E-state index in [4.69, 9.17) is 5.26 Å². The van der Waals surface area contributed by atoms with Crippen molar-refractivity contribution >= 4 is 5.69 Å². The van der Waals surface area contributed by atoms with Crippen LogP contribution in [0.5, 0.6) is 0 Å². The first kappa shape index (κ1) is 11.6. The van der Waals surface area contributed by atoms with Crippen LogP contribution in [0.3, 0.4) is 0 Å². The smallest absolute Gasteiger partial charge is 0.0683 e. The molecule has 0 bridgehead atoms. The van der Waals surface area contributed by atoms with Gasteiger partial charge in [0.2, 0.25) is 0 Å². The molecule has 80 valence electrons.